The molecule has 4 heterocycles. The number of nitrogens with one attached hydrogen (secondary N) is 1. The predicted octanol–water partition coefficient (Wildman–Crippen LogP) is 0.921. The Bertz CT molecular complexity index is 1010. The Kier molecular flexibility index (Phi) is 6.89. The zero-order chi connectivity index (χ0) is 22.5. The number of aromatic nitrogens is 3. The van der Waals surface area contributed by atoms with Crippen LogP contribution < -0.4 is 10.3 Å². The number of methoxy groups -OCH3 is 1. The molecule has 1 fully saturated rings. The molecular formula is C22H29N5O5. The lowest BCUT2D eigenvalue weighted by Gasteiger charge is -2.26. The first kappa shape index (κ1) is 22.1. The van der Waals surface area contributed by atoms with Gasteiger partial charge >= 0.3 is 5.97 Å². The fourth-order valence-electron chi connectivity index (χ4n) is 4.41. The number of piperidine rings is 1. The minimum Gasteiger partial charge on any atom is -0.491 e. The van der Waals surface area contributed by atoms with Crippen molar-refractivity contribution in [1.29, 1.82) is 0 Å². The number of likely N-dealkylation sites (tertiary alicyclic amines) is 1. The van der Waals surface area contributed by atoms with E-state index in [1.807, 2.05) is 0 Å². The number of carbonyl (C=O) groups excluding carboxylic acids is 2. The van der Waals surface area contributed by atoms with Gasteiger partial charge in [0.1, 0.15) is 17.9 Å². The van der Waals surface area contributed by atoms with Crippen LogP contribution in [-0.2, 0) is 17.7 Å². The van der Waals surface area contributed by atoms with Crippen molar-refractivity contribution >= 4 is 11.9 Å². The topological polar surface area (TPSA) is 110 Å². The predicted molar refractivity (Wildman–Crippen MR) is 116 cm³/mol. The van der Waals surface area contributed by atoms with Crippen LogP contribution in [0.4, 0.5) is 0 Å². The van der Waals surface area contributed by atoms with Gasteiger partial charge in [-0.15, -0.1) is 0 Å². The Hall–Kier alpha value is -3.14. The maximum absolute atomic E-state index is 12.9. The highest BCUT2D eigenvalue weighted by atomic mass is 16.5. The number of rotatable bonds is 6. The van der Waals surface area contributed by atoms with Crippen molar-refractivity contribution in [2.45, 2.75) is 32.2 Å². The molecule has 2 aromatic rings. The van der Waals surface area contributed by atoms with E-state index in [0.29, 0.717) is 37.4 Å². The van der Waals surface area contributed by atoms with Gasteiger partial charge in [-0.25, -0.2) is 4.79 Å². The van der Waals surface area contributed by atoms with E-state index in [-0.39, 0.29) is 29.3 Å². The summed E-state index contributed by atoms with van der Waals surface area (Å²) in [6.45, 7) is 4.22. The average molecular weight is 444 g/mol. The molecule has 10 nitrogen and oxygen atoms in total. The van der Waals surface area contributed by atoms with E-state index in [1.165, 1.54) is 38.6 Å². The third kappa shape index (κ3) is 4.69. The fraction of sp³-hybridized carbons (Fsp3) is 0.545. The molecule has 0 bridgehead atoms. The van der Waals surface area contributed by atoms with E-state index in [0.717, 1.165) is 19.6 Å². The fourth-order valence-corrected chi connectivity index (χ4v) is 4.41. The normalized spacial score (nSPS) is 16.8. The lowest BCUT2D eigenvalue weighted by atomic mass is 10.1. The number of amides is 1. The molecule has 2 aliphatic rings. The maximum Gasteiger partial charge on any atom is 0.343 e. The van der Waals surface area contributed by atoms with Crippen LogP contribution in [0.1, 0.15) is 45.7 Å². The van der Waals surface area contributed by atoms with Gasteiger partial charge in [0, 0.05) is 50.6 Å². The first-order chi connectivity index (χ1) is 15.6. The molecule has 0 unspecified atom stereocenters. The molecule has 172 valence electrons. The second-order valence-corrected chi connectivity index (χ2v) is 8.09. The monoisotopic (exact) mass is 443 g/mol. The number of carbonyl (C=O) groups is 2. The summed E-state index contributed by atoms with van der Waals surface area (Å²) in [5, 5.41) is 6.47. The number of aromatic amines is 1. The number of H-pyrrole nitrogens is 1. The molecule has 0 spiro atoms. The van der Waals surface area contributed by atoms with Crippen molar-refractivity contribution in [2.24, 2.45) is 0 Å². The molecule has 2 aliphatic heterocycles. The van der Waals surface area contributed by atoms with Gasteiger partial charge in [0.25, 0.3) is 11.5 Å². The summed E-state index contributed by atoms with van der Waals surface area (Å²) in [4.78, 5) is 42.3. The highest BCUT2D eigenvalue weighted by Gasteiger charge is 2.28. The molecule has 0 saturated carbocycles. The summed E-state index contributed by atoms with van der Waals surface area (Å²) in [7, 11) is 1.31. The summed E-state index contributed by atoms with van der Waals surface area (Å²) in [6.07, 6.45) is 6.98. The van der Waals surface area contributed by atoms with Crippen molar-refractivity contribution in [2.75, 3.05) is 46.4 Å². The minimum absolute atomic E-state index is 0.169. The van der Waals surface area contributed by atoms with E-state index >= 15 is 0 Å². The van der Waals surface area contributed by atoms with Crippen LogP contribution in [-0.4, -0.2) is 82.9 Å². The molecule has 0 aromatic carbocycles. The van der Waals surface area contributed by atoms with Crippen molar-refractivity contribution in [3.8, 4) is 5.75 Å². The van der Waals surface area contributed by atoms with Crippen LogP contribution in [0, 0.1) is 0 Å². The Morgan fingerprint density at radius 1 is 1.12 bits per heavy atom. The van der Waals surface area contributed by atoms with Crippen LogP contribution in [0.5, 0.6) is 5.75 Å². The highest BCUT2D eigenvalue weighted by molar-refractivity contribution is 5.94. The summed E-state index contributed by atoms with van der Waals surface area (Å²) < 4.78 is 12.5. The average Bonchev–Trinajstić information content (AvgIpc) is 3.26. The molecule has 0 aliphatic carbocycles. The molecule has 2 aromatic heterocycles. The van der Waals surface area contributed by atoms with Gasteiger partial charge in [-0.2, -0.15) is 5.10 Å². The first-order valence-corrected chi connectivity index (χ1v) is 11.1. The Balaban J connectivity index is 1.55. The van der Waals surface area contributed by atoms with E-state index in [9.17, 15) is 14.4 Å². The smallest absolute Gasteiger partial charge is 0.343 e. The number of nitrogens with zero attached hydrogens (tertiary/aromatic N) is 4. The lowest BCUT2D eigenvalue weighted by Crippen LogP contribution is -2.34. The zero-order valence-corrected chi connectivity index (χ0v) is 18.3. The minimum atomic E-state index is -0.545. The Morgan fingerprint density at radius 2 is 1.94 bits per heavy atom. The SMILES string of the molecule is COC(=O)c1c(OCCN2CCCCC2)cc(=O)n2c1CCN(C(=O)c1cn[nH]c1)CC2. The number of hydrogen-bond acceptors (Lipinski definition) is 7. The number of ether oxygens (including phenoxy) is 2. The zero-order valence-electron chi connectivity index (χ0n) is 18.3. The number of esters is 1. The summed E-state index contributed by atoms with van der Waals surface area (Å²) in [6, 6.07) is 1.36. The van der Waals surface area contributed by atoms with E-state index in [2.05, 4.69) is 15.1 Å². The van der Waals surface area contributed by atoms with Crippen LogP contribution in [0.2, 0.25) is 0 Å². The third-order valence-corrected chi connectivity index (χ3v) is 6.13. The molecule has 32 heavy (non-hydrogen) atoms. The van der Waals surface area contributed by atoms with Crippen molar-refractivity contribution in [1.82, 2.24) is 24.6 Å². The second-order valence-electron chi connectivity index (χ2n) is 8.09. The Morgan fingerprint density at radius 3 is 2.66 bits per heavy atom. The number of fused-ring (bicyclic) bond motifs is 1. The van der Waals surface area contributed by atoms with E-state index in [4.69, 9.17) is 9.47 Å². The number of hydrogen-bond donors (Lipinski definition) is 1. The van der Waals surface area contributed by atoms with E-state index in [1.54, 1.807) is 15.7 Å². The van der Waals surface area contributed by atoms with Gasteiger partial charge in [0.15, 0.2) is 0 Å². The Labute approximate surface area is 186 Å². The van der Waals surface area contributed by atoms with Gasteiger partial charge in [-0.1, -0.05) is 6.42 Å². The standard InChI is InChI=1S/C22H29N5O5/c1-31-22(30)20-17-5-8-26(21(29)16-14-23-24-15-16)9-10-27(17)19(28)13-18(20)32-12-11-25-6-3-2-4-7-25/h13-15H,2-12H2,1H3,(H,23,24). The van der Waals surface area contributed by atoms with Crippen LogP contribution in [0.25, 0.3) is 0 Å². The molecule has 1 N–H and O–H groups in total. The lowest BCUT2D eigenvalue weighted by molar-refractivity contribution is 0.0592. The second kappa shape index (κ2) is 9.99. The van der Waals surface area contributed by atoms with Gasteiger partial charge in [-0.05, 0) is 25.9 Å². The molecule has 10 heteroatoms. The van der Waals surface area contributed by atoms with Crippen molar-refractivity contribution < 1.29 is 19.1 Å². The maximum atomic E-state index is 12.9. The van der Waals surface area contributed by atoms with Crippen LogP contribution in [0.3, 0.4) is 0 Å². The largest absolute Gasteiger partial charge is 0.491 e. The van der Waals surface area contributed by atoms with Crippen molar-refractivity contribution in [3.05, 3.63) is 45.6 Å². The van der Waals surface area contributed by atoms with Gasteiger partial charge in [-0.3, -0.25) is 19.6 Å². The molecule has 0 atom stereocenters. The molecule has 1 saturated heterocycles. The molecule has 1 amide bonds. The molecule has 0 radical (unpaired) electrons. The first-order valence-electron chi connectivity index (χ1n) is 11.1. The molecular weight excluding hydrogens is 414 g/mol. The summed E-state index contributed by atoms with van der Waals surface area (Å²) >= 11 is 0. The summed E-state index contributed by atoms with van der Waals surface area (Å²) in [5.74, 6) is -0.465. The summed E-state index contributed by atoms with van der Waals surface area (Å²) in [5.41, 5.74) is 1.01. The van der Waals surface area contributed by atoms with Gasteiger partial charge in [0.2, 0.25) is 0 Å². The van der Waals surface area contributed by atoms with E-state index < -0.39 is 5.97 Å². The van der Waals surface area contributed by atoms with Gasteiger partial charge in [0.05, 0.1) is 18.9 Å². The van der Waals surface area contributed by atoms with Crippen molar-refractivity contribution in [3.63, 3.8) is 0 Å². The molecule has 4 rings (SSSR count). The van der Waals surface area contributed by atoms with Crippen LogP contribution in [0.15, 0.2) is 23.3 Å². The number of pyridine rings is 1. The third-order valence-electron chi connectivity index (χ3n) is 6.13. The van der Waals surface area contributed by atoms with Gasteiger partial charge < -0.3 is 18.9 Å². The highest BCUT2D eigenvalue weighted by Crippen LogP contribution is 2.24. The quantitative estimate of drug-likeness (QED) is 0.661. The van der Waals surface area contributed by atoms with Crippen LogP contribution >= 0.6 is 0 Å².